The molecule has 1 amide bonds. The van der Waals surface area contributed by atoms with Gasteiger partial charge in [-0.3, -0.25) is 9.69 Å². The second-order valence-corrected chi connectivity index (χ2v) is 5.06. The minimum atomic E-state index is 0.129. The number of likely N-dealkylation sites (tertiary alicyclic amines) is 1. The van der Waals surface area contributed by atoms with E-state index in [4.69, 9.17) is 0 Å². The molecule has 0 unspecified atom stereocenters. The lowest BCUT2D eigenvalue weighted by Gasteiger charge is -2.25. The molecule has 1 heterocycles. The van der Waals surface area contributed by atoms with Gasteiger partial charge < -0.3 is 9.80 Å². The molecule has 0 aromatic rings. The van der Waals surface area contributed by atoms with Gasteiger partial charge >= 0.3 is 0 Å². The number of likely N-dealkylation sites (N-methyl/N-ethyl adjacent to an activating group) is 2. The van der Waals surface area contributed by atoms with E-state index in [-0.39, 0.29) is 6.04 Å². The molecular formula is C16H37N3O. The molecule has 1 fully saturated rings. The zero-order chi connectivity index (χ0) is 16.1. The normalized spacial score (nSPS) is 17.9. The number of hydrogen-bond donors (Lipinski definition) is 0. The van der Waals surface area contributed by atoms with E-state index in [1.165, 1.54) is 0 Å². The summed E-state index contributed by atoms with van der Waals surface area (Å²) in [6.07, 6.45) is 3.22. The van der Waals surface area contributed by atoms with Gasteiger partial charge in [0.25, 0.3) is 0 Å². The second kappa shape index (κ2) is 13.4. The SMILES string of the molecule is CC.CC.CN(C)CCCN(C)C(=O)[C@H]1CCCN1C. The van der Waals surface area contributed by atoms with Crippen LogP contribution < -0.4 is 0 Å². The molecule has 0 bridgehead atoms. The van der Waals surface area contributed by atoms with Crippen LogP contribution in [0.15, 0.2) is 0 Å². The first-order valence-electron chi connectivity index (χ1n) is 8.12. The zero-order valence-electron chi connectivity index (χ0n) is 15.1. The van der Waals surface area contributed by atoms with Crippen molar-refractivity contribution in [3.05, 3.63) is 0 Å². The van der Waals surface area contributed by atoms with E-state index in [1.54, 1.807) is 0 Å². The molecule has 0 saturated carbocycles. The Kier molecular flexibility index (Phi) is 14.5. The Hall–Kier alpha value is -0.610. The van der Waals surface area contributed by atoms with Gasteiger partial charge in [-0.05, 0) is 53.5 Å². The maximum absolute atomic E-state index is 12.1. The van der Waals surface area contributed by atoms with Crippen molar-refractivity contribution in [3.63, 3.8) is 0 Å². The van der Waals surface area contributed by atoms with Crippen LogP contribution in [0, 0.1) is 0 Å². The third-order valence-electron chi connectivity index (χ3n) is 3.28. The van der Waals surface area contributed by atoms with Gasteiger partial charge in [0, 0.05) is 13.6 Å². The topological polar surface area (TPSA) is 26.8 Å². The van der Waals surface area contributed by atoms with Gasteiger partial charge in [-0.2, -0.15) is 0 Å². The van der Waals surface area contributed by atoms with E-state index >= 15 is 0 Å². The maximum Gasteiger partial charge on any atom is 0.239 e. The monoisotopic (exact) mass is 287 g/mol. The largest absolute Gasteiger partial charge is 0.344 e. The third kappa shape index (κ3) is 8.54. The van der Waals surface area contributed by atoms with E-state index in [0.29, 0.717) is 5.91 Å². The zero-order valence-corrected chi connectivity index (χ0v) is 15.1. The van der Waals surface area contributed by atoms with Crippen LogP contribution in [-0.2, 0) is 4.79 Å². The van der Waals surface area contributed by atoms with Crippen molar-refractivity contribution in [2.45, 2.75) is 53.0 Å². The van der Waals surface area contributed by atoms with Crippen molar-refractivity contribution in [1.82, 2.24) is 14.7 Å². The lowest BCUT2D eigenvalue weighted by atomic mass is 10.2. The summed E-state index contributed by atoms with van der Waals surface area (Å²) in [5.41, 5.74) is 0. The second-order valence-electron chi connectivity index (χ2n) is 5.06. The molecule has 0 spiro atoms. The average Bonchev–Trinajstić information content (AvgIpc) is 2.88. The van der Waals surface area contributed by atoms with Crippen LogP contribution in [0.1, 0.15) is 47.0 Å². The number of hydrogen-bond acceptors (Lipinski definition) is 3. The molecule has 1 aliphatic rings. The molecule has 1 saturated heterocycles. The van der Waals surface area contributed by atoms with Gasteiger partial charge in [0.05, 0.1) is 6.04 Å². The highest BCUT2D eigenvalue weighted by Crippen LogP contribution is 2.16. The summed E-state index contributed by atoms with van der Waals surface area (Å²) in [6.45, 7) is 11.0. The summed E-state index contributed by atoms with van der Waals surface area (Å²) in [5, 5.41) is 0. The van der Waals surface area contributed by atoms with Crippen molar-refractivity contribution in [2.24, 2.45) is 0 Å². The Morgan fingerprint density at radius 1 is 1.10 bits per heavy atom. The Morgan fingerprint density at radius 3 is 2.05 bits per heavy atom. The van der Waals surface area contributed by atoms with Crippen LogP contribution in [0.2, 0.25) is 0 Å². The third-order valence-corrected chi connectivity index (χ3v) is 3.28. The summed E-state index contributed by atoms with van der Waals surface area (Å²) >= 11 is 0. The summed E-state index contributed by atoms with van der Waals surface area (Å²) in [7, 11) is 8.09. The van der Waals surface area contributed by atoms with E-state index in [9.17, 15) is 4.79 Å². The summed E-state index contributed by atoms with van der Waals surface area (Å²) < 4.78 is 0. The van der Waals surface area contributed by atoms with Gasteiger partial charge in [0.15, 0.2) is 0 Å². The predicted octanol–water partition coefficient (Wildman–Crippen LogP) is 2.54. The fraction of sp³-hybridized carbons (Fsp3) is 0.938. The highest BCUT2D eigenvalue weighted by atomic mass is 16.2. The fourth-order valence-corrected chi connectivity index (χ4v) is 2.21. The minimum absolute atomic E-state index is 0.129. The number of carbonyl (C=O) groups excluding carboxylic acids is 1. The van der Waals surface area contributed by atoms with E-state index in [1.807, 2.05) is 46.7 Å². The minimum Gasteiger partial charge on any atom is -0.344 e. The quantitative estimate of drug-likeness (QED) is 0.777. The average molecular weight is 287 g/mol. The molecule has 0 aromatic heterocycles. The first kappa shape index (κ1) is 21.7. The molecular weight excluding hydrogens is 250 g/mol. The molecule has 1 aliphatic heterocycles. The van der Waals surface area contributed by atoms with Crippen molar-refractivity contribution >= 4 is 5.91 Å². The Bertz CT molecular complexity index is 232. The van der Waals surface area contributed by atoms with Crippen molar-refractivity contribution in [3.8, 4) is 0 Å². The van der Waals surface area contributed by atoms with E-state index in [2.05, 4.69) is 23.9 Å². The van der Waals surface area contributed by atoms with Crippen molar-refractivity contribution in [2.75, 3.05) is 47.8 Å². The molecule has 0 radical (unpaired) electrons. The van der Waals surface area contributed by atoms with Crippen LogP contribution in [0.4, 0.5) is 0 Å². The molecule has 1 rings (SSSR count). The van der Waals surface area contributed by atoms with Crippen LogP contribution in [0.5, 0.6) is 0 Å². The van der Waals surface area contributed by atoms with Crippen LogP contribution in [-0.4, -0.2) is 74.5 Å². The van der Waals surface area contributed by atoms with Gasteiger partial charge in [0.2, 0.25) is 5.91 Å². The number of rotatable bonds is 5. The van der Waals surface area contributed by atoms with Crippen LogP contribution >= 0.6 is 0 Å². The standard InChI is InChI=1S/C12H25N3O.2C2H6/c1-13(2)8-6-10-15(4)12(16)11-7-5-9-14(11)3;2*1-2/h11H,5-10H2,1-4H3;2*1-2H3/t11-;;/m1../s1. The van der Waals surface area contributed by atoms with Gasteiger partial charge in [-0.1, -0.05) is 27.7 Å². The number of nitrogens with zero attached hydrogens (tertiary/aromatic N) is 3. The van der Waals surface area contributed by atoms with Crippen LogP contribution in [0.3, 0.4) is 0 Å². The molecule has 1 atom stereocenters. The molecule has 0 N–H and O–H groups in total. The maximum atomic E-state index is 12.1. The van der Waals surface area contributed by atoms with E-state index < -0.39 is 0 Å². The summed E-state index contributed by atoms with van der Waals surface area (Å²) in [4.78, 5) is 18.3. The fourth-order valence-electron chi connectivity index (χ4n) is 2.21. The Morgan fingerprint density at radius 2 is 1.65 bits per heavy atom. The van der Waals surface area contributed by atoms with Crippen molar-refractivity contribution in [1.29, 1.82) is 0 Å². The lowest BCUT2D eigenvalue weighted by molar-refractivity contribution is -0.134. The van der Waals surface area contributed by atoms with Gasteiger partial charge in [0.1, 0.15) is 0 Å². The van der Waals surface area contributed by atoms with Crippen molar-refractivity contribution < 1.29 is 4.79 Å². The van der Waals surface area contributed by atoms with Gasteiger partial charge in [-0.15, -0.1) is 0 Å². The van der Waals surface area contributed by atoms with Crippen LogP contribution in [0.25, 0.3) is 0 Å². The Balaban J connectivity index is 0. The predicted molar refractivity (Wildman–Crippen MR) is 89.2 cm³/mol. The first-order chi connectivity index (χ1) is 9.52. The molecule has 20 heavy (non-hydrogen) atoms. The molecule has 4 nitrogen and oxygen atoms in total. The Labute approximate surface area is 127 Å². The molecule has 0 aliphatic carbocycles. The molecule has 4 heteroatoms. The first-order valence-corrected chi connectivity index (χ1v) is 8.12. The molecule has 0 aromatic carbocycles. The van der Waals surface area contributed by atoms with Gasteiger partial charge in [-0.25, -0.2) is 0 Å². The lowest BCUT2D eigenvalue weighted by Crippen LogP contribution is -2.43. The smallest absolute Gasteiger partial charge is 0.239 e. The number of carbonyl (C=O) groups is 1. The summed E-state index contributed by atoms with van der Waals surface area (Å²) in [5.74, 6) is 0.291. The molecule has 122 valence electrons. The highest BCUT2D eigenvalue weighted by molar-refractivity contribution is 5.81. The highest BCUT2D eigenvalue weighted by Gasteiger charge is 2.29. The summed E-state index contributed by atoms with van der Waals surface area (Å²) in [6, 6.07) is 0.129. The van der Waals surface area contributed by atoms with E-state index in [0.717, 1.165) is 38.9 Å². The number of amides is 1.